The zero-order valence-electron chi connectivity index (χ0n) is 9.98. The van der Waals surface area contributed by atoms with Gasteiger partial charge in [0.25, 0.3) is 0 Å². The van der Waals surface area contributed by atoms with Crippen molar-refractivity contribution in [1.29, 1.82) is 0 Å². The van der Waals surface area contributed by atoms with Crippen molar-refractivity contribution in [3.63, 3.8) is 0 Å². The molecule has 1 aliphatic heterocycles. The predicted octanol–water partition coefficient (Wildman–Crippen LogP) is 1.98. The van der Waals surface area contributed by atoms with Crippen LogP contribution in [0.3, 0.4) is 0 Å². The maximum atomic E-state index is 12.4. The largest absolute Gasteiger partial charge is 0.443 e. The molecule has 0 bridgehead atoms. The van der Waals surface area contributed by atoms with Gasteiger partial charge in [-0.15, -0.1) is 0 Å². The highest BCUT2D eigenvalue weighted by molar-refractivity contribution is 5.69. The Balaban J connectivity index is 2.02. The fraction of sp³-hybridized carbons (Fsp3) is 0.417. The summed E-state index contributed by atoms with van der Waals surface area (Å²) in [5.41, 5.74) is 5.30. The van der Waals surface area contributed by atoms with E-state index in [1.165, 1.54) is 17.0 Å². The fourth-order valence-electron chi connectivity index (χ4n) is 1.85. The molecular formula is C12H13F3N2O2. The Labute approximate surface area is 107 Å². The number of amides is 1. The molecule has 0 aliphatic carbocycles. The van der Waals surface area contributed by atoms with Crippen LogP contribution >= 0.6 is 0 Å². The van der Waals surface area contributed by atoms with E-state index in [2.05, 4.69) is 0 Å². The van der Waals surface area contributed by atoms with Gasteiger partial charge >= 0.3 is 12.3 Å². The molecule has 1 heterocycles. The van der Waals surface area contributed by atoms with Crippen molar-refractivity contribution in [2.75, 3.05) is 13.1 Å². The second-order valence-corrected chi connectivity index (χ2v) is 4.32. The highest BCUT2D eigenvalue weighted by atomic mass is 19.4. The van der Waals surface area contributed by atoms with Gasteiger partial charge in [-0.25, -0.2) is 4.79 Å². The van der Waals surface area contributed by atoms with Gasteiger partial charge in [-0.05, 0) is 17.7 Å². The summed E-state index contributed by atoms with van der Waals surface area (Å²) in [6.45, 7) is 0.805. The monoisotopic (exact) mass is 274 g/mol. The lowest BCUT2D eigenvalue weighted by atomic mass is 10.1. The lowest BCUT2D eigenvalue weighted by Gasteiger charge is -2.13. The van der Waals surface area contributed by atoms with Gasteiger partial charge in [0.2, 0.25) is 0 Å². The van der Waals surface area contributed by atoms with Crippen molar-refractivity contribution in [3.05, 3.63) is 35.4 Å². The third-order valence-corrected chi connectivity index (χ3v) is 2.87. The van der Waals surface area contributed by atoms with Crippen molar-refractivity contribution in [1.82, 2.24) is 4.90 Å². The van der Waals surface area contributed by atoms with Crippen molar-refractivity contribution < 1.29 is 22.7 Å². The maximum Gasteiger partial charge on any atom is 0.416 e. The Bertz CT molecular complexity index is 459. The number of nitrogens with two attached hydrogens (primary N) is 1. The van der Waals surface area contributed by atoms with Gasteiger partial charge in [0.15, 0.2) is 0 Å². The topological polar surface area (TPSA) is 55.6 Å². The Morgan fingerprint density at radius 1 is 1.32 bits per heavy atom. The quantitative estimate of drug-likeness (QED) is 0.917. The van der Waals surface area contributed by atoms with E-state index in [1.807, 2.05) is 0 Å². The molecule has 19 heavy (non-hydrogen) atoms. The van der Waals surface area contributed by atoms with Crippen LogP contribution in [0.4, 0.5) is 18.0 Å². The Morgan fingerprint density at radius 2 is 1.95 bits per heavy atom. The highest BCUT2D eigenvalue weighted by Crippen LogP contribution is 2.29. The van der Waals surface area contributed by atoms with Gasteiger partial charge in [-0.2, -0.15) is 13.2 Å². The standard InChI is InChI=1S/C12H13F3N2O2/c13-12(14,15)9-3-1-8(2-4-9)6-17-7-10(5-16)19-11(17)18/h1-4,10H,5-7,16H2. The van der Waals surface area contributed by atoms with Crippen LogP contribution in [0, 0.1) is 0 Å². The number of hydrogen-bond donors (Lipinski definition) is 1. The number of rotatable bonds is 3. The van der Waals surface area contributed by atoms with Crippen molar-refractivity contribution in [3.8, 4) is 0 Å². The maximum absolute atomic E-state index is 12.4. The predicted molar refractivity (Wildman–Crippen MR) is 61.2 cm³/mol. The third-order valence-electron chi connectivity index (χ3n) is 2.87. The minimum absolute atomic E-state index is 0.216. The van der Waals surface area contributed by atoms with E-state index in [9.17, 15) is 18.0 Å². The molecule has 1 atom stereocenters. The minimum Gasteiger partial charge on any atom is -0.443 e. The first-order chi connectivity index (χ1) is 8.90. The number of ether oxygens (including phenoxy) is 1. The van der Waals surface area contributed by atoms with Crippen molar-refractivity contribution >= 4 is 6.09 Å². The Morgan fingerprint density at radius 3 is 2.42 bits per heavy atom. The van der Waals surface area contributed by atoms with Gasteiger partial charge in [0.1, 0.15) is 6.10 Å². The molecule has 1 fully saturated rings. The van der Waals surface area contributed by atoms with Crippen LogP contribution in [0.2, 0.25) is 0 Å². The van der Waals surface area contributed by atoms with Gasteiger partial charge in [-0.1, -0.05) is 12.1 Å². The number of benzene rings is 1. The summed E-state index contributed by atoms with van der Waals surface area (Å²) in [4.78, 5) is 12.9. The summed E-state index contributed by atoms with van der Waals surface area (Å²) >= 11 is 0. The Hall–Kier alpha value is -1.76. The van der Waals surface area contributed by atoms with Crippen LogP contribution in [0.25, 0.3) is 0 Å². The average molecular weight is 274 g/mol. The average Bonchev–Trinajstić information content (AvgIpc) is 2.70. The van der Waals surface area contributed by atoms with E-state index in [-0.39, 0.29) is 19.2 Å². The zero-order chi connectivity index (χ0) is 14.0. The second-order valence-electron chi connectivity index (χ2n) is 4.32. The summed E-state index contributed by atoms with van der Waals surface area (Å²) in [5.74, 6) is 0. The molecule has 7 heteroatoms. The van der Waals surface area contributed by atoms with Gasteiger partial charge < -0.3 is 15.4 Å². The molecule has 1 saturated heterocycles. The molecule has 4 nitrogen and oxygen atoms in total. The molecular weight excluding hydrogens is 261 g/mol. The van der Waals surface area contributed by atoms with Crippen molar-refractivity contribution in [2.45, 2.75) is 18.8 Å². The smallest absolute Gasteiger partial charge is 0.416 e. The molecule has 0 spiro atoms. The fourth-order valence-corrected chi connectivity index (χ4v) is 1.85. The van der Waals surface area contributed by atoms with E-state index < -0.39 is 17.8 Å². The van der Waals surface area contributed by atoms with Crippen molar-refractivity contribution in [2.24, 2.45) is 5.73 Å². The Kier molecular flexibility index (Phi) is 3.66. The number of nitrogens with zero attached hydrogens (tertiary/aromatic N) is 1. The van der Waals surface area contributed by atoms with Crippen LogP contribution < -0.4 is 5.73 Å². The van der Waals surface area contributed by atoms with Crippen LogP contribution in [0.1, 0.15) is 11.1 Å². The summed E-state index contributed by atoms with van der Waals surface area (Å²) < 4.78 is 42.1. The molecule has 0 saturated carbocycles. The number of alkyl halides is 3. The first-order valence-electron chi connectivity index (χ1n) is 5.72. The van der Waals surface area contributed by atoms with Gasteiger partial charge in [-0.3, -0.25) is 0 Å². The van der Waals surface area contributed by atoms with Crippen LogP contribution in [-0.2, 0) is 17.5 Å². The first kappa shape index (κ1) is 13.7. The molecule has 1 aromatic carbocycles. The highest BCUT2D eigenvalue weighted by Gasteiger charge is 2.31. The van der Waals surface area contributed by atoms with Crippen LogP contribution in [0.5, 0.6) is 0 Å². The summed E-state index contributed by atoms with van der Waals surface area (Å²) in [5, 5.41) is 0. The van der Waals surface area contributed by atoms with E-state index in [0.29, 0.717) is 12.1 Å². The summed E-state index contributed by atoms with van der Waals surface area (Å²) in [6, 6.07) is 4.70. The molecule has 104 valence electrons. The van der Waals surface area contributed by atoms with Gasteiger partial charge in [0, 0.05) is 13.1 Å². The molecule has 2 rings (SSSR count). The number of hydrogen-bond acceptors (Lipinski definition) is 3. The zero-order valence-corrected chi connectivity index (χ0v) is 9.98. The van der Waals surface area contributed by atoms with Gasteiger partial charge in [0.05, 0.1) is 12.1 Å². The van der Waals surface area contributed by atoms with E-state index in [1.54, 1.807) is 0 Å². The SMILES string of the molecule is NCC1CN(Cc2ccc(C(F)(F)F)cc2)C(=O)O1. The van der Waals surface area contributed by atoms with Crippen LogP contribution in [-0.4, -0.2) is 30.2 Å². The van der Waals surface area contributed by atoms with E-state index in [0.717, 1.165) is 12.1 Å². The molecule has 1 unspecified atom stereocenters. The molecule has 0 aromatic heterocycles. The molecule has 1 aromatic rings. The minimum atomic E-state index is -4.35. The molecule has 2 N–H and O–H groups in total. The molecule has 1 aliphatic rings. The number of halogens is 3. The second kappa shape index (κ2) is 5.08. The lowest BCUT2D eigenvalue weighted by molar-refractivity contribution is -0.137. The molecule has 1 amide bonds. The van der Waals surface area contributed by atoms with Crippen LogP contribution in [0.15, 0.2) is 24.3 Å². The molecule has 0 radical (unpaired) electrons. The summed E-state index contributed by atoms with van der Waals surface area (Å²) in [7, 11) is 0. The third kappa shape index (κ3) is 3.17. The summed E-state index contributed by atoms with van der Waals surface area (Å²) in [6.07, 6.45) is -5.19. The first-order valence-corrected chi connectivity index (χ1v) is 5.72. The van der Waals surface area contributed by atoms with E-state index >= 15 is 0 Å². The number of carbonyl (C=O) groups is 1. The normalized spacial score (nSPS) is 19.7. The number of cyclic esters (lactones) is 1. The lowest BCUT2D eigenvalue weighted by Crippen LogP contribution is -2.27. The number of carbonyl (C=O) groups excluding carboxylic acids is 1. The van der Waals surface area contributed by atoms with E-state index in [4.69, 9.17) is 10.5 Å².